The zero-order valence-electron chi connectivity index (χ0n) is 10.2. The van der Waals surface area contributed by atoms with Crippen molar-refractivity contribution in [2.24, 2.45) is 10.9 Å². The molecule has 0 aromatic heterocycles. The van der Waals surface area contributed by atoms with E-state index in [4.69, 9.17) is 21.3 Å². The quantitative estimate of drug-likeness (QED) is 0.909. The number of benzene rings is 1. The van der Waals surface area contributed by atoms with E-state index >= 15 is 0 Å². The number of hydrogen-bond donors (Lipinski definition) is 1. The Balaban J connectivity index is 1.62. The summed E-state index contributed by atoms with van der Waals surface area (Å²) < 4.78 is 5.73. The number of aliphatic imine (C=N–C) groups is 1. The predicted molar refractivity (Wildman–Crippen MR) is 73.3 cm³/mol. The van der Waals surface area contributed by atoms with E-state index in [1.807, 2.05) is 12.1 Å². The van der Waals surface area contributed by atoms with Crippen molar-refractivity contribution in [3.8, 4) is 0 Å². The Morgan fingerprint density at radius 3 is 2.89 bits per heavy atom. The summed E-state index contributed by atoms with van der Waals surface area (Å²) in [5.41, 5.74) is 1.27. The van der Waals surface area contributed by atoms with Gasteiger partial charge in [0.15, 0.2) is 5.90 Å². The molecule has 0 radical (unpaired) electrons. The smallest absolute Gasteiger partial charge is 0.188 e. The molecule has 1 aromatic carbocycles. The van der Waals surface area contributed by atoms with Gasteiger partial charge in [0.1, 0.15) is 6.61 Å². The molecule has 2 heterocycles. The van der Waals surface area contributed by atoms with Crippen molar-refractivity contribution in [2.45, 2.75) is 18.9 Å². The summed E-state index contributed by atoms with van der Waals surface area (Å²) in [6, 6.07) is 8.25. The Kier molecular flexibility index (Phi) is 3.52. The number of nitrogens with zero attached hydrogens (tertiary/aromatic N) is 1. The van der Waals surface area contributed by atoms with Crippen LogP contribution in [0.25, 0.3) is 0 Å². The normalized spacial score (nSPS) is 27.1. The maximum Gasteiger partial charge on any atom is 0.188 e. The largest absolute Gasteiger partial charge is 0.478 e. The van der Waals surface area contributed by atoms with Gasteiger partial charge < -0.3 is 10.1 Å². The molecule has 2 unspecified atom stereocenters. The molecule has 3 rings (SSSR count). The molecule has 0 spiro atoms. The lowest BCUT2D eigenvalue weighted by Crippen LogP contribution is -2.17. The number of hydrogen-bond acceptors (Lipinski definition) is 3. The second kappa shape index (κ2) is 5.29. The molecule has 4 heteroatoms. The molecule has 1 N–H and O–H groups in total. The molecule has 1 aromatic rings. The molecule has 0 amide bonds. The van der Waals surface area contributed by atoms with Crippen LogP contribution in [-0.4, -0.2) is 31.6 Å². The molecule has 1 saturated heterocycles. The van der Waals surface area contributed by atoms with Crippen molar-refractivity contribution >= 4 is 17.5 Å². The summed E-state index contributed by atoms with van der Waals surface area (Å²) in [5, 5.41) is 4.12. The van der Waals surface area contributed by atoms with E-state index in [0.717, 1.165) is 36.9 Å². The van der Waals surface area contributed by atoms with Crippen molar-refractivity contribution in [3.05, 3.63) is 34.9 Å². The Labute approximate surface area is 112 Å². The van der Waals surface area contributed by atoms with E-state index in [1.165, 1.54) is 5.56 Å². The fraction of sp³-hybridized carbons (Fsp3) is 0.500. The maximum atomic E-state index is 5.88. The first-order valence-electron chi connectivity index (χ1n) is 6.47. The fourth-order valence-electron chi connectivity index (χ4n) is 2.52. The highest BCUT2D eigenvalue weighted by Crippen LogP contribution is 2.20. The zero-order valence-corrected chi connectivity index (χ0v) is 11.0. The van der Waals surface area contributed by atoms with Gasteiger partial charge in [-0.15, -0.1) is 0 Å². The molecule has 96 valence electrons. The SMILES string of the molecule is Clc1ccc(CC2COC(C3CCNC3)=N2)cc1. The van der Waals surface area contributed by atoms with E-state index in [2.05, 4.69) is 17.4 Å². The van der Waals surface area contributed by atoms with Gasteiger partial charge in [-0.05, 0) is 37.1 Å². The molecule has 3 nitrogen and oxygen atoms in total. The molecule has 0 bridgehead atoms. The van der Waals surface area contributed by atoms with Gasteiger partial charge in [0.2, 0.25) is 0 Å². The minimum Gasteiger partial charge on any atom is -0.478 e. The van der Waals surface area contributed by atoms with Gasteiger partial charge in [0.05, 0.1) is 6.04 Å². The van der Waals surface area contributed by atoms with Crippen molar-refractivity contribution in [1.82, 2.24) is 5.32 Å². The van der Waals surface area contributed by atoms with Crippen LogP contribution in [0.1, 0.15) is 12.0 Å². The van der Waals surface area contributed by atoms with Gasteiger partial charge in [-0.3, -0.25) is 0 Å². The first kappa shape index (κ1) is 12.0. The lowest BCUT2D eigenvalue weighted by atomic mass is 10.1. The van der Waals surface area contributed by atoms with Gasteiger partial charge in [0, 0.05) is 17.5 Å². The van der Waals surface area contributed by atoms with Gasteiger partial charge in [0.25, 0.3) is 0 Å². The third kappa shape index (κ3) is 2.68. The van der Waals surface area contributed by atoms with Crippen LogP contribution in [0.4, 0.5) is 0 Å². The second-order valence-corrected chi connectivity index (χ2v) is 5.39. The fourth-order valence-corrected chi connectivity index (χ4v) is 2.65. The average molecular weight is 265 g/mol. The molecule has 1 fully saturated rings. The van der Waals surface area contributed by atoms with Gasteiger partial charge in [-0.25, -0.2) is 4.99 Å². The Hall–Kier alpha value is -1.06. The van der Waals surface area contributed by atoms with Crippen molar-refractivity contribution in [2.75, 3.05) is 19.7 Å². The Bertz CT molecular complexity index is 438. The third-order valence-electron chi connectivity index (χ3n) is 3.53. The van der Waals surface area contributed by atoms with Crippen LogP contribution in [0, 0.1) is 5.92 Å². The molecule has 2 aliphatic rings. The zero-order chi connectivity index (χ0) is 12.4. The highest BCUT2D eigenvalue weighted by Gasteiger charge is 2.28. The van der Waals surface area contributed by atoms with Crippen LogP contribution in [-0.2, 0) is 11.2 Å². The van der Waals surface area contributed by atoms with Crippen LogP contribution < -0.4 is 5.32 Å². The minimum absolute atomic E-state index is 0.266. The molecule has 0 aliphatic carbocycles. The van der Waals surface area contributed by atoms with Crippen molar-refractivity contribution in [3.63, 3.8) is 0 Å². The Morgan fingerprint density at radius 1 is 1.33 bits per heavy atom. The van der Waals surface area contributed by atoms with Crippen LogP contribution in [0.5, 0.6) is 0 Å². The van der Waals surface area contributed by atoms with Crippen LogP contribution in [0.15, 0.2) is 29.3 Å². The lowest BCUT2D eigenvalue weighted by molar-refractivity contribution is 0.299. The van der Waals surface area contributed by atoms with Crippen LogP contribution in [0.3, 0.4) is 0 Å². The molecule has 2 atom stereocenters. The summed E-state index contributed by atoms with van der Waals surface area (Å²) in [5.74, 6) is 1.44. The van der Waals surface area contributed by atoms with Gasteiger partial charge in [-0.1, -0.05) is 23.7 Å². The first-order chi connectivity index (χ1) is 8.81. The van der Waals surface area contributed by atoms with E-state index in [1.54, 1.807) is 0 Å². The number of halogens is 1. The summed E-state index contributed by atoms with van der Waals surface area (Å²) in [6.07, 6.45) is 2.08. The van der Waals surface area contributed by atoms with Gasteiger partial charge >= 0.3 is 0 Å². The molecular weight excluding hydrogens is 248 g/mol. The average Bonchev–Trinajstić information content (AvgIpc) is 3.02. The first-order valence-corrected chi connectivity index (χ1v) is 6.85. The second-order valence-electron chi connectivity index (χ2n) is 4.95. The van der Waals surface area contributed by atoms with Crippen molar-refractivity contribution in [1.29, 1.82) is 0 Å². The standard InChI is InChI=1S/C14H17ClN2O/c15-12-3-1-10(2-4-12)7-13-9-18-14(17-13)11-5-6-16-8-11/h1-4,11,13,16H,5-9H2. The monoisotopic (exact) mass is 264 g/mol. The molecular formula is C14H17ClN2O. The predicted octanol–water partition coefficient (Wildman–Crippen LogP) is 2.29. The summed E-state index contributed by atoms with van der Waals surface area (Å²) in [4.78, 5) is 4.71. The number of nitrogens with one attached hydrogen (secondary N) is 1. The maximum absolute atomic E-state index is 5.88. The highest BCUT2D eigenvalue weighted by atomic mass is 35.5. The Morgan fingerprint density at radius 2 is 2.17 bits per heavy atom. The van der Waals surface area contributed by atoms with E-state index in [0.29, 0.717) is 12.5 Å². The molecule has 2 aliphatic heterocycles. The van der Waals surface area contributed by atoms with Crippen LogP contribution in [0.2, 0.25) is 5.02 Å². The van der Waals surface area contributed by atoms with E-state index in [-0.39, 0.29) is 6.04 Å². The van der Waals surface area contributed by atoms with Gasteiger partial charge in [-0.2, -0.15) is 0 Å². The summed E-state index contributed by atoms with van der Waals surface area (Å²) in [6.45, 7) is 2.80. The molecule has 18 heavy (non-hydrogen) atoms. The highest BCUT2D eigenvalue weighted by molar-refractivity contribution is 6.30. The number of rotatable bonds is 3. The third-order valence-corrected chi connectivity index (χ3v) is 3.78. The topological polar surface area (TPSA) is 33.6 Å². The van der Waals surface area contributed by atoms with Crippen LogP contribution >= 0.6 is 11.6 Å². The summed E-state index contributed by atoms with van der Waals surface area (Å²) >= 11 is 5.88. The van der Waals surface area contributed by atoms with E-state index < -0.39 is 0 Å². The lowest BCUT2D eigenvalue weighted by Gasteiger charge is -2.06. The molecule has 0 saturated carbocycles. The number of ether oxygens (including phenoxy) is 1. The minimum atomic E-state index is 0.266. The van der Waals surface area contributed by atoms with E-state index in [9.17, 15) is 0 Å². The van der Waals surface area contributed by atoms with Crippen molar-refractivity contribution < 1.29 is 4.74 Å². The summed E-state index contributed by atoms with van der Waals surface area (Å²) in [7, 11) is 0.